The number of carboxylic acid groups (broad SMARTS) is 2. The van der Waals surface area contributed by atoms with Gasteiger partial charge in [0.1, 0.15) is 0 Å². The summed E-state index contributed by atoms with van der Waals surface area (Å²) in [6, 6.07) is 0. The Bertz CT molecular complexity index is 87.6. The van der Waals surface area contributed by atoms with Gasteiger partial charge in [-0.3, -0.25) is 0 Å². The zero-order valence-corrected chi connectivity index (χ0v) is 15.5. The van der Waals surface area contributed by atoms with Gasteiger partial charge in [-0.15, -0.1) is 0 Å². The molecular weight excluding hydrogens is 220 g/mol. The summed E-state index contributed by atoms with van der Waals surface area (Å²) >= 11 is -1.75. The third-order valence-corrected chi connectivity index (χ3v) is 0. The molecule has 0 aromatic heterocycles. The second kappa shape index (κ2) is 29.3. The van der Waals surface area contributed by atoms with E-state index >= 15 is 0 Å². The molecule has 0 radical (unpaired) electrons. The molecule has 0 fully saturated rings. The van der Waals surface area contributed by atoms with Crippen LogP contribution in [0, 0.1) is 0 Å². The molecule has 0 rings (SSSR count). The summed E-state index contributed by atoms with van der Waals surface area (Å²) < 4.78 is 16.9. The second-order valence-corrected chi connectivity index (χ2v) is 0.539. The minimum atomic E-state index is -2.33. The van der Waals surface area contributed by atoms with Crippen LogP contribution in [0.1, 0.15) is 0 Å². The van der Waals surface area contributed by atoms with Crippen LogP contribution in [0.5, 0.6) is 0 Å². The topological polar surface area (TPSA) is 97.3 Å². The van der Waals surface area contributed by atoms with Gasteiger partial charge in [0.2, 0.25) is 0 Å². The molecular formula is CAlK2NaO5. The summed E-state index contributed by atoms with van der Waals surface area (Å²) in [4.78, 5) is 8.33. The van der Waals surface area contributed by atoms with Crippen LogP contribution >= 0.6 is 0 Å². The predicted octanol–water partition coefficient (Wildman–Crippen LogP) is -12.1. The van der Waals surface area contributed by atoms with E-state index in [9.17, 15) is 0 Å². The molecule has 0 aliphatic carbocycles. The first kappa shape index (κ1) is 29.2. The molecule has 5 nitrogen and oxygen atoms in total. The SMILES string of the molecule is O=C([O-])[O-].[K+].[K+].[Na+].[O]=[Al-]=[O]. The Morgan fingerprint density at radius 1 is 1.10 bits per heavy atom. The van der Waals surface area contributed by atoms with E-state index in [1.54, 1.807) is 0 Å². The summed E-state index contributed by atoms with van der Waals surface area (Å²) in [5.74, 6) is 0. The van der Waals surface area contributed by atoms with E-state index in [0.29, 0.717) is 0 Å². The fourth-order valence-corrected chi connectivity index (χ4v) is 0. The molecule has 0 bridgehead atoms. The molecule has 0 saturated carbocycles. The van der Waals surface area contributed by atoms with Gasteiger partial charge in [0.05, 0.1) is 0 Å². The Labute approximate surface area is 171 Å². The number of carbonyl (C=O) groups is 1. The van der Waals surface area contributed by atoms with Gasteiger partial charge in [0.25, 0.3) is 0 Å². The number of rotatable bonds is 0. The summed E-state index contributed by atoms with van der Waals surface area (Å²) in [6.45, 7) is 0. The molecule has 0 aromatic rings. The van der Waals surface area contributed by atoms with Crippen LogP contribution in [0.4, 0.5) is 4.79 Å². The van der Waals surface area contributed by atoms with Crippen LogP contribution < -0.4 is 143 Å². The van der Waals surface area contributed by atoms with Crippen LogP contribution in [0.3, 0.4) is 0 Å². The maximum atomic E-state index is 8.46. The molecule has 0 N–H and O–H groups in total. The van der Waals surface area contributed by atoms with E-state index in [1.807, 2.05) is 0 Å². The van der Waals surface area contributed by atoms with Gasteiger partial charge in [-0.05, 0) is 6.16 Å². The molecule has 40 valence electrons. The van der Waals surface area contributed by atoms with Crippen molar-refractivity contribution in [2.75, 3.05) is 0 Å². The Kier molecular flexibility index (Phi) is 85.6. The third kappa shape index (κ3) is 98.5. The summed E-state index contributed by atoms with van der Waals surface area (Å²) in [5.41, 5.74) is 0. The van der Waals surface area contributed by atoms with Crippen molar-refractivity contribution in [2.24, 2.45) is 0 Å². The molecule has 0 saturated heterocycles. The molecule has 0 amide bonds. The van der Waals surface area contributed by atoms with Gasteiger partial charge in [0.15, 0.2) is 0 Å². The maximum absolute atomic E-state index is 8.46. The van der Waals surface area contributed by atoms with Crippen molar-refractivity contribution in [3.8, 4) is 0 Å². The summed E-state index contributed by atoms with van der Waals surface area (Å²) in [6.07, 6.45) is -2.33. The summed E-state index contributed by atoms with van der Waals surface area (Å²) in [5, 5.41) is 16.7. The molecule has 0 atom stereocenters. The first-order valence-corrected chi connectivity index (χ1v) is 2.03. The fourth-order valence-electron chi connectivity index (χ4n) is 0. The van der Waals surface area contributed by atoms with Crippen LogP contribution in [-0.2, 0) is 7.61 Å². The van der Waals surface area contributed by atoms with Gasteiger partial charge in [0, 0.05) is 0 Å². The normalized spacial score (nSPS) is 3.20. The van der Waals surface area contributed by atoms with E-state index in [1.165, 1.54) is 0 Å². The van der Waals surface area contributed by atoms with Crippen LogP contribution in [0.15, 0.2) is 0 Å². The van der Waals surface area contributed by atoms with Gasteiger partial charge < -0.3 is 15.0 Å². The first-order chi connectivity index (χ1) is 3.15. The minimum absolute atomic E-state index is 0. The molecule has 0 aliphatic heterocycles. The van der Waals surface area contributed by atoms with Crippen molar-refractivity contribution in [2.45, 2.75) is 0 Å². The monoisotopic (exact) mass is 220 g/mol. The standard InChI is InChI=1S/CH2O3.Al.2K.Na.2O/c2-1(3)4;;;;;;/h(H2,2,3,4);;;;;;/q;-1;3*+1;;/p-2. The molecule has 0 unspecified atom stereocenters. The average molecular weight is 220 g/mol. The van der Waals surface area contributed by atoms with E-state index in [0.717, 1.165) is 0 Å². The molecule has 0 aliphatic rings. The van der Waals surface area contributed by atoms with E-state index < -0.39 is 21.2 Å². The van der Waals surface area contributed by atoms with Crippen molar-refractivity contribution in [3.63, 3.8) is 0 Å². The number of hydrogen-bond donors (Lipinski definition) is 0. The van der Waals surface area contributed by atoms with Crippen LogP contribution in [-0.4, -0.2) is 21.2 Å². The van der Waals surface area contributed by atoms with Gasteiger partial charge in [-0.1, -0.05) is 0 Å². The first-order valence-electron chi connectivity index (χ1n) is 1.08. The summed E-state index contributed by atoms with van der Waals surface area (Å²) in [7, 11) is 0. The van der Waals surface area contributed by atoms with Crippen molar-refractivity contribution in [3.05, 3.63) is 0 Å². The second-order valence-electron chi connectivity index (χ2n) is 0.346. The molecule has 10 heavy (non-hydrogen) atoms. The van der Waals surface area contributed by atoms with Crippen LogP contribution in [0.2, 0.25) is 0 Å². The van der Waals surface area contributed by atoms with Crippen LogP contribution in [0.25, 0.3) is 0 Å². The van der Waals surface area contributed by atoms with Gasteiger partial charge in [-0.25, -0.2) is 0 Å². The molecule has 0 heterocycles. The average Bonchev–Trinajstić information content (AvgIpc) is 1.33. The molecule has 0 spiro atoms. The van der Waals surface area contributed by atoms with E-state index in [4.69, 9.17) is 22.6 Å². The van der Waals surface area contributed by atoms with E-state index in [2.05, 4.69) is 0 Å². The quantitative estimate of drug-likeness (QED) is 0.377. The Hall–Kier alpha value is 3.68. The van der Waals surface area contributed by atoms with Crippen molar-refractivity contribution in [1.29, 1.82) is 0 Å². The van der Waals surface area contributed by atoms with Crippen molar-refractivity contribution in [1.82, 2.24) is 0 Å². The number of carbonyl (C=O) groups excluding carboxylic acids is 1. The zero-order valence-electron chi connectivity index (χ0n) is 6.12. The fraction of sp³-hybridized carbons (Fsp3) is 0. The Morgan fingerprint density at radius 2 is 1.10 bits per heavy atom. The Morgan fingerprint density at radius 3 is 1.10 bits per heavy atom. The molecule has 9 heteroatoms. The predicted molar refractivity (Wildman–Crippen MR) is 12.5 cm³/mol. The van der Waals surface area contributed by atoms with Gasteiger partial charge in [-0.2, -0.15) is 0 Å². The Balaban J connectivity index is -0.0000000131. The van der Waals surface area contributed by atoms with Gasteiger partial charge >= 0.3 is 155 Å². The number of hydrogen-bond acceptors (Lipinski definition) is 5. The zero-order chi connectivity index (χ0) is 6.28. The van der Waals surface area contributed by atoms with E-state index in [-0.39, 0.29) is 132 Å². The van der Waals surface area contributed by atoms with Crippen molar-refractivity contribution >= 4 is 21.2 Å². The molecule has 0 aromatic carbocycles. The third-order valence-electron chi connectivity index (χ3n) is 0. The van der Waals surface area contributed by atoms with Crippen molar-refractivity contribution < 1.29 is 155 Å².